The Labute approximate surface area is 122 Å². The molecule has 4 nitrogen and oxygen atoms in total. The van der Waals surface area contributed by atoms with Crippen LogP contribution < -0.4 is 11.2 Å². The number of aliphatic hydroxyl groups is 1. The average molecular weight is 285 g/mol. The third-order valence-electron chi connectivity index (χ3n) is 2.82. The van der Waals surface area contributed by atoms with E-state index in [2.05, 4.69) is 10.5 Å². The summed E-state index contributed by atoms with van der Waals surface area (Å²) < 4.78 is 0. The number of thiocarbonyl (C=S) groups is 1. The first-order valence-corrected chi connectivity index (χ1v) is 6.50. The third-order valence-corrected chi connectivity index (χ3v) is 2.91. The second-order valence-corrected chi connectivity index (χ2v) is 4.58. The Bertz CT molecular complexity index is 641. The molecule has 0 unspecified atom stereocenters. The number of nitrogens with one attached hydrogen (secondary N) is 1. The molecule has 0 aliphatic carbocycles. The highest BCUT2D eigenvalue weighted by molar-refractivity contribution is 7.80. The van der Waals surface area contributed by atoms with Gasteiger partial charge in [0, 0.05) is 5.56 Å². The molecule has 0 saturated heterocycles. The van der Waals surface area contributed by atoms with Crippen molar-refractivity contribution in [1.29, 1.82) is 0 Å². The van der Waals surface area contributed by atoms with Crippen LogP contribution in [0.2, 0.25) is 0 Å². The van der Waals surface area contributed by atoms with Crippen LogP contribution in [0.1, 0.15) is 11.1 Å². The summed E-state index contributed by atoms with van der Waals surface area (Å²) in [4.78, 5) is 0. The van der Waals surface area contributed by atoms with Gasteiger partial charge in [-0.2, -0.15) is 5.10 Å². The van der Waals surface area contributed by atoms with Crippen molar-refractivity contribution in [2.24, 2.45) is 10.8 Å². The molecule has 4 N–H and O–H groups in total. The summed E-state index contributed by atoms with van der Waals surface area (Å²) in [6, 6.07) is 15.5. The van der Waals surface area contributed by atoms with Crippen LogP contribution in [0.4, 0.5) is 0 Å². The Morgan fingerprint density at radius 1 is 1.15 bits per heavy atom. The maximum atomic E-state index is 9.44. The molecule has 5 heteroatoms. The van der Waals surface area contributed by atoms with Gasteiger partial charge < -0.3 is 10.8 Å². The van der Waals surface area contributed by atoms with E-state index < -0.39 is 0 Å². The topological polar surface area (TPSA) is 70.6 Å². The molecule has 0 amide bonds. The number of hydrazone groups is 1. The van der Waals surface area contributed by atoms with Crippen molar-refractivity contribution in [2.75, 3.05) is 0 Å². The summed E-state index contributed by atoms with van der Waals surface area (Å²) in [5, 5.41) is 13.5. The summed E-state index contributed by atoms with van der Waals surface area (Å²) in [6.45, 7) is -0.00716. The zero-order valence-electron chi connectivity index (χ0n) is 10.8. The number of nitrogens with two attached hydrogens (primary N) is 1. The molecule has 0 aliphatic rings. The summed E-state index contributed by atoms with van der Waals surface area (Å²) in [5.41, 5.74) is 11.6. The Balaban J connectivity index is 2.42. The standard InChI is InChI=1S/C15H15N3OS/c16-15(20)18-17-9-11-5-1-3-7-13(11)14-8-4-2-6-12(14)10-19/h1-9,19H,10H2,(H3,16,18,20). The van der Waals surface area contributed by atoms with Crippen molar-refractivity contribution in [1.82, 2.24) is 5.43 Å². The number of hydrogen-bond acceptors (Lipinski definition) is 3. The number of hydrogen-bond donors (Lipinski definition) is 3. The minimum absolute atomic E-state index is 0.00716. The van der Waals surface area contributed by atoms with E-state index in [9.17, 15) is 5.11 Å². The lowest BCUT2D eigenvalue weighted by Crippen LogP contribution is -2.24. The van der Waals surface area contributed by atoms with Gasteiger partial charge in [0.2, 0.25) is 0 Å². The smallest absolute Gasteiger partial charge is 0.184 e. The quantitative estimate of drug-likeness (QED) is 0.456. The van der Waals surface area contributed by atoms with Gasteiger partial charge in [-0.25, -0.2) is 0 Å². The van der Waals surface area contributed by atoms with E-state index in [0.29, 0.717) is 0 Å². The third kappa shape index (κ3) is 3.40. The monoisotopic (exact) mass is 285 g/mol. The highest BCUT2D eigenvalue weighted by Gasteiger charge is 2.06. The second-order valence-electron chi connectivity index (χ2n) is 4.14. The first-order valence-electron chi connectivity index (χ1n) is 6.09. The predicted molar refractivity (Wildman–Crippen MR) is 85.3 cm³/mol. The maximum absolute atomic E-state index is 9.44. The molecule has 0 bridgehead atoms. The molecule has 102 valence electrons. The minimum Gasteiger partial charge on any atom is -0.392 e. The molecular formula is C15H15N3OS. The van der Waals surface area contributed by atoms with E-state index in [-0.39, 0.29) is 11.7 Å². The van der Waals surface area contributed by atoms with Crippen molar-refractivity contribution >= 4 is 23.5 Å². The molecule has 0 spiro atoms. The predicted octanol–water partition coefficient (Wildman–Crippen LogP) is 2.01. The Hall–Kier alpha value is -2.24. The van der Waals surface area contributed by atoms with Crippen LogP contribution in [0.25, 0.3) is 11.1 Å². The van der Waals surface area contributed by atoms with Gasteiger partial charge in [0.25, 0.3) is 0 Å². The second kappa shape index (κ2) is 6.79. The van der Waals surface area contributed by atoms with Crippen molar-refractivity contribution < 1.29 is 5.11 Å². The Morgan fingerprint density at radius 3 is 2.50 bits per heavy atom. The van der Waals surface area contributed by atoms with E-state index in [0.717, 1.165) is 22.3 Å². The number of benzene rings is 2. The molecule has 2 aromatic carbocycles. The summed E-state index contributed by atoms with van der Waals surface area (Å²) in [6.07, 6.45) is 1.66. The van der Waals surface area contributed by atoms with Gasteiger partial charge in [0.15, 0.2) is 5.11 Å². The molecule has 0 atom stereocenters. The van der Waals surface area contributed by atoms with Crippen LogP contribution in [0.3, 0.4) is 0 Å². The highest BCUT2D eigenvalue weighted by Crippen LogP contribution is 2.26. The lowest BCUT2D eigenvalue weighted by atomic mass is 9.96. The van der Waals surface area contributed by atoms with E-state index in [1.807, 2.05) is 48.5 Å². The molecule has 0 aliphatic heterocycles. The molecular weight excluding hydrogens is 270 g/mol. The van der Waals surface area contributed by atoms with Gasteiger partial charge in [-0.3, -0.25) is 5.43 Å². The average Bonchev–Trinajstić information content (AvgIpc) is 2.47. The molecule has 2 rings (SSSR count). The first kappa shape index (κ1) is 14.2. The van der Waals surface area contributed by atoms with Crippen LogP contribution in [0, 0.1) is 0 Å². The molecule has 0 radical (unpaired) electrons. The highest BCUT2D eigenvalue weighted by atomic mass is 32.1. The fraction of sp³-hybridized carbons (Fsp3) is 0.0667. The fourth-order valence-corrected chi connectivity index (χ4v) is 1.99. The normalized spacial score (nSPS) is 10.7. The van der Waals surface area contributed by atoms with Crippen LogP contribution in [0.5, 0.6) is 0 Å². The van der Waals surface area contributed by atoms with Gasteiger partial charge >= 0.3 is 0 Å². The van der Waals surface area contributed by atoms with Gasteiger partial charge in [0.1, 0.15) is 0 Å². The molecule has 2 aromatic rings. The van der Waals surface area contributed by atoms with E-state index in [1.54, 1.807) is 6.21 Å². The molecule has 0 heterocycles. The summed E-state index contributed by atoms with van der Waals surface area (Å²) in [7, 11) is 0. The lowest BCUT2D eigenvalue weighted by Gasteiger charge is -2.10. The van der Waals surface area contributed by atoms with Gasteiger partial charge in [-0.1, -0.05) is 48.5 Å². The van der Waals surface area contributed by atoms with E-state index in [4.69, 9.17) is 18.0 Å². The number of aliphatic hydroxyl groups excluding tert-OH is 1. The SMILES string of the molecule is NC(=S)NN=Cc1ccccc1-c1ccccc1CO. The molecule has 0 fully saturated rings. The largest absolute Gasteiger partial charge is 0.392 e. The molecule has 0 aromatic heterocycles. The van der Waals surface area contributed by atoms with Crippen molar-refractivity contribution in [2.45, 2.75) is 6.61 Å². The van der Waals surface area contributed by atoms with E-state index in [1.165, 1.54) is 0 Å². The molecule has 20 heavy (non-hydrogen) atoms. The Morgan fingerprint density at radius 2 is 1.80 bits per heavy atom. The zero-order chi connectivity index (χ0) is 14.4. The van der Waals surface area contributed by atoms with Crippen LogP contribution in [-0.2, 0) is 6.61 Å². The fourth-order valence-electron chi connectivity index (χ4n) is 1.94. The number of nitrogens with zero attached hydrogens (tertiary/aromatic N) is 1. The van der Waals surface area contributed by atoms with Gasteiger partial charge in [-0.15, -0.1) is 0 Å². The lowest BCUT2D eigenvalue weighted by molar-refractivity contribution is 0.282. The summed E-state index contributed by atoms with van der Waals surface area (Å²) >= 11 is 4.70. The Kier molecular flexibility index (Phi) is 4.81. The maximum Gasteiger partial charge on any atom is 0.184 e. The van der Waals surface area contributed by atoms with Gasteiger partial charge in [0.05, 0.1) is 12.8 Å². The van der Waals surface area contributed by atoms with Crippen molar-refractivity contribution in [3.8, 4) is 11.1 Å². The first-order chi connectivity index (χ1) is 9.72. The summed E-state index contributed by atoms with van der Waals surface area (Å²) in [5.74, 6) is 0. The zero-order valence-corrected chi connectivity index (χ0v) is 11.6. The minimum atomic E-state index is -0.00716. The molecule has 0 saturated carbocycles. The van der Waals surface area contributed by atoms with Crippen molar-refractivity contribution in [3.63, 3.8) is 0 Å². The van der Waals surface area contributed by atoms with Crippen molar-refractivity contribution in [3.05, 3.63) is 59.7 Å². The van der Waals surface area contributed by atoms with Crippen LogP contribution in [-0.4, -0.2) is 16.4 Å². The number of rotatable bonds is 4. The van der Waals surface area contributed by atoms with Crippen LogP contribution >= 0.6 is 12.2 Å². The van der Waals surface area contributed by atoms with E-state index >= 15 is 0 Å². The van der Waals surface area contributed by atoms with Crippen LogP contribution in [0.15, 0.2) is 53.6 Å². The van der Waals surface area contributed by atoms with Gasteiger partial charge in [-0.05, 0) is 28.9 Å².